The highest BCUT2D eigenvalue weighted by atomic mass is 79.9. The highest BCUT2D eigenvalue weighted by Crippen LogP contribution is 2.25. The van der Waals surface area contributed by atoms with Gasteiger partial charge in [0.15, 0.2) is 0 Å². The van der Waals surface area contributed by atoms with E-state index in [1.165, 1.54) is 15.6 Å². The normalized spacial score (nSPS) is 22.6. The highest BCUT2D eigenvalue weighted by Gasteiger charge is 2.12. The third-order valence-electron chi connectivity index (χ3n) is 3.28. The summed E-state index contributed by atoms with van der Waals surface area (Å²) in [5.41, 5.74) is 2.88. The molecule has 1 fully saturated rings. The molecule has 94 valence electrons. The Kier molecular flexibility index (Phi) is 5.01. The van der Waals surface area contributed by atoms with Crippen molar-refractivity contribution in [3.63, 3.8) is 0 Å². The molecule has 1 aliphatic heterocycles. The molecular weight excluding hydrogens is 278 g/mol. The van der Waals surface area contributed by atoms with Crippen molar-refractivity contribution in [3.05, 3.63) is 33.9 Å². The van der Waals surface area contributed by atoms with Gasteiger partial charge in [-0.3, -0.25) is 4.90 Å². The van der Waals surface area contributed by atoms with Crippen LogP contribution in [0.2, 0.25) is 0 Å². The molecule has 17 heavy (non-hydrogen) atoms. The lowest BCUT2D eigenvalue weighted by Crippen LogP contribution is -2.37. The van der Waals surface area contributed by atoms with Gasteiger partial charge in [-0.05, 0) is 24.5 Å². The van der Waals surface area contributed by atoms with Crippen molar-refractivity contribution in [2.24, 2.45) is 0 Å². The summed E-state index contributed by atoms with van der Waals surface area (Å²) in [6.45, 7) is 7.08. The molecule has 3 heteroatoms. The number of halogens is 1. The van der Waals surface area contributed by atoms with Gasteiger partial charge in [0.05, 0.1) is 13.2 Å². The molecule has 0 aromatic carbocycles. The van der Waals surface area contributed by atoms with E-state index in [0.29, 0.717) is 0 Å². The predicted octanol–water partition coefficient (Wildman–Crippen LogP) is 3.26. The SMILES string of the molecule is CCC1=C(Br)C=C(CN2CCOCC2)C=CC1. The lowest BCUT2D eigenvalue weighted by atomic mass is 10.1. The first-order valence-electron chi connectivity index (χ1n) is 6.34. The van der Waals surface area contributed by atoms with Crippen molar-refractivity contribution in [3.8, 4) is 0 Å². The Morgan fingerprint density at radius 1 is 1.35 bits per heavy atom. The standard InChI is InChI=1S/C14H20BrNO/c1-2-13-5-3-4-12(10-14(13)15)11-16-6-8-17-9-7-16/h3-4,10H,2,5-9,11H2,1H3. The van der Waals surface area contributed by atoms with Crippen LogP contribution in [0.4, 0.5) is 0 Å². The van der Waals surface area contributed by atoms with Crippen LogP contribution in [-0.2, 0) is 4.74 Å². The van der Waals surface area contributed by atoms with Crippen molar-refractivity contribution in [1.29, 1.82) is 0 Å². The van der Waals surface area contributed by atoms with Gasteiger partial charge in [-0.15, -0.1) is 0 Å². The van der Waals surface area contributed by atoms with E-state index in [1.807, 2.05) is 0 Å². The fraction of sp³-hybridized carbons (Fsp3) is 0.571. The summed E-state index contributed by atoms with van der Waals surface area (Å²) < 4.78 is 6.64. The third kappa shape index (κ3) is 3.80. The van der Waals surface area contributed by atoms with Crippen molar-refractivity contribution in [1.82, 2.24) is 4.90 Å². The second kappa shape index (κ2) is 6.53. The van der Waals surface area contributed by atoms with Crippen LogP contribution in [0.3, 0.4) is 0 Å². The zero-order chi connectivity index (χ0) is 12.1. The lowest BCUT2D eigenvalue weighted by Gasteiger charge is -2.26. The van der Waals surface area contributed by atoms with E-state index in [9.17, 15) is 0 Å². The molecule has 0 bridgehead atoms. The Hall–Kier alpha value is -0.380. The quantitative estimate of drug-likeness (QED) is 0.793. The molecule has 2 rings (SSSR count). The van der Waals surface area contributed by atoms with E-state index in [2.05, 4.69) is 46.0 Å². The molecule has 0 spiro atoms. The molecule has 0 amide bonds. The number of rotatable bonds is 3. The van der Waals surface area contributed by atoms with Gasteiger partial charge in [0, 0.05) is 24.1 Å². The number of nitrogens with zero attached hydrogens (tertiary/aromatic N) is 1. The smallest absolute Gasteiger partial charge is 0.0594 e. The number of allylic oxidation sites excluding steroid dienone is 4. The third-order valence-corrected chi connectivity index (χ3v) is 4.07. The maximum absolute atomic E-state index is 5.37. The highest BCUT2D eigenvalue weighted by molar-refractivity contribution is 9.11. The Labute approximate surface area is 112 Å². The van der Waals surface area contributed by atoms with Crippen molar-refractivity contribution in [2.75, 3.05) is 32.8 Å². The Morgan fingerprint density at radius 3 is 2.82 bits per heavy atom. The van der Waals surface area contributed by atoms with Crippen LogP contribution in [0.1, 0.15) is 19.8 Å². The first-order chi connectivity index (χ1) is 8.29. The summed E-state index contributed by atoms with van der Waals surface area (Å²) in [4.78, 5) is 2.46. The molecule has 0 radical (unpaired) electrons. The fourth-order valence-corrected chi connectivity index (χ4v) is 2.93. The Bertz CT molecular complexity index is 351. The van der Waals surface area contributed by atoms with E-state index in [4.69, 9.17) is 4.74 Å². The minimum absolute atomic E-state index is 0.869. The van der Waals surface area contributed by atoms with E-state index < -0.39 is 0 Å². The average Bonchev–Trinajstić information content (AvgIpc) is 2.52. The van der Waals surface area contributed by atoms with Crippen LogP contribution < -0.4 is 0 Å². The summed E-state index contributed by atoms with van der Waals surface area (Å²) in [6, 6.07) is 0. The molecule has 0 aromatic heterocycles. The summed E-state index contributed by atoms with van der Waals surface area (Å²) in [7, 11) is 0. The van der Waals surface area contributed by atoms with Gasteiger partial charge in [0.25, 0.3) is 0 Å². The van der Waals surface area contributed by atoms with E-state index in [-0.39, 0.29) is 0 Å². The number of hydrogen-bond donors (Lipinski definition) is 0. The number of hydrogen-bond acceptors (Lipinski definition) is 2. The first-order valence-corrected chi connectivity index (χ1v) is 7.13. The first kappa shape index (κ1) is 13.1. The summed E-state index contributed by atoms with van der Waals surface area (Å²) in [5, 5.41) is 0. The second-order valence-electron chi connectivity index (χ2n) is 4.52. The average molecular weight is 298 g/mol. The number of morpholine rings is 1. The minimum atomic E-state index is 0.869. The lowest BCUT2D eigenvalue weighted by molar-refractivity contribution is 0.0426. The van der Waals surface area contributed by atoms with E-state index in [1.54, 1.807) is 0 Å². The van der Waals surface area contributed by atoms with Crippen LogP contribution in [0, 0.1) is 0 Å². The van der Waals surface area contributed by atoms with Gasteiger partial charge in [-0.2, -0.15) is 0 Å². The van der Waals surface area contributed by atoms with E-state index in [0.717, 1.165) is 45.7 Å². The summed E-state index contributed by atoms with van der Waals surface area (Å²) in [6.07, 6.45) is 9.00. The minimum Gasteiger partial charge on any atom is -0.379 e. The Morgan fingerprint density at radius 2 is 2.12 bits per heavy atom. The Balaban J connectivity index is 2.02. The molecule has 0 atom stereocenters. The van der Waals surface area contributed by atoms with Gasteiger partial charge in [-0.1, -0.05) is 40.6 Å². The maximum atomic E-state index is 5.37. The molecule has 2 nitrogen and oxygen atoms in total. The molecule has 0 N–H and O–H groups in total. The monoisotopic (exact) mass is 297 g/mol. The largest absolute Gasteiger partial charge is 0.379 e. The van der Waals surface area contributed by atoms with Crippen LogP contribution in [0.15, 0.2) is 33.9 Å². The van der Waals surface area contributed by atoms with Crippen molar-refractivity contribution in [2.45, 2.75) is 19.8 Å². The predicted molar refractivity (Wildman–Crippen MR) is 75.3 cm³/mol. The second-order valence-corrected chi connectivity index (χ2v) is 5.37. The van der Waals surface area contributed by atoms with Crippen LogP contribution in [0.5, 0.6) is 0 Å². The van der Waals surface area contributed by atoms with E-state index >= 15 is 0 Å². The molecule has 0 unspecified atom stereocenters. The molecule has 1 heterocycles. The van der Waals surface area contributed by atoms with Gasteiger partial charge in [0.2, 0.25) is 0 Å². The fourth-order valence-electron chi connectivity index (χ4n) is 2.19. The van der Waals surface area contributed by atoms with Gasteiger partial charge < -0.3 is 4.74 Å². The van der Waals surface area contributed by atoms with Crippen LogP contribution >= 0.6 is 15.9 Å². The zero-order valence-electron chi connectivity index (χ0n) is 10.4. The molecule has 0 saturated carbocycles. The van der Waals surface area contributed by atoms with Gasteiger partial charge in [-0.25, -0.2) is 0 Å². The topological polar surface area (TPSA) is 12.5 Å². The van der Waals surface area contributed by atoms with Crippen molar-refractivity contribution >= 4 is 15.9 Å². The molecule has 2 aliphatic rings. The summed E-state index contributed by atoms with van der Waals surface area (Å²) >= 11 is 3.69. The van der Waals surface area contributed by atoms with Crippen molar-refractivity contribution < 1.29 is 4.74 Å². The molecule has 1 saturated heterocycles. The van der Waals surface area contributed by atoms with Gasteiger partial charge in [0.1, 0.15) is 0 Å². The maximum Gasteiger partial charge on any atom is 0.0594 e. The van der Waals surface area contributed by atoms with Gasteiger partial charge >= 0.3 is 0 Å². The van der Waals surface area contributed by atoms with Crippen LogP contribution in [0.25, 0.3) is 0 Å². The molecule has 0 aromatic rings. The zero-order valence-corrected chi connectivity index (χ0v) is 12.0. The van der Waals surface area contributed by atoms with Crippen LogP contribution in [-0.4, -0.2) is 37.7 Å². The number of ether oxygens (including phenoxy) is 1. The molecule has 1 aliphatic carbocycles. The summed E-state index contributed by atoms with van der Waals surface area (Å²) in [5.74, 6) is 0. The molecular formula is C14H20BrNO.